The third kappa shape index (κ3) is 6.44. The summed E-state index contributed by atoms with van der Waals surface area (Å²) in [6.07, 6.45) is 4.38. The fourth-order valence-corrected chi connectivity index (χ4v) is 7.34. The number of hydrogen-bond donors (Lipinski definition) is 0. The maximum atomic E-state index is 2.38. The van der Waals surface area contributed by atoms with Crippen LogP contribution in [0, 0.1) is 6.92 Å². The number of hydrogen-bond acceptors (Lipinski definition) is 2. The topological polar surface area (TPSA) is 6.48 Å². The first-order valence-corrected chi connectivity index (χ1v) is 18.2. The molecular weight excluding hydrogens is 641 g/mol. The van der Waals surface area contributed by atoms with E-state index >= 15 is 0 Å². The summed E-state index contributed by atoms with van der Waals surface area (Å²) in [6.45, 7) is 2.14. The van der Waals surface area contributed by atoms with Crippen molar-refractivity contribution in [2.75, 3.05) is 9.80 Å². The van der Waals surface area contributed by atoms with E-state index in [0.29, 0.717) is 0 Å². The Hall–Kier alpha value is -6.90. The highest BCUT2D eigenvalue weighted by Gasteiger charge is 2.17. The third-order valence-electron chi connectivity index (χ3n) is 10.1. The van der Waals surface area contributed by atoms with Crippen molar-refractivity contribution >= 4 is 78.6 Å². The van der Waals surface area contributed by atoms with Crippen molar-refractivity contribution in [1.29, 1.82) is 0 Å². The SMILES string of the molecule is Cc1ccc(N(c2ccc(/C=C/c3ccc(N(c4ccccc4)c4ccc5ccccc5c4)cc3)cc2)c2cc3ccccc3c3ccccc23)cc1. The maximum absolute atomic E-state index is 2.38. The van der Waals surface area contributed by atoms with Crippen molar-refractivity contribution < 1.29 is 0 Å². The normalized spacial score (nSPS) is 11.4. The van der Waals surface area contributed by atoms with Gasteiger partial charge in [-0.3, -0.25) is 0 Å². The highest BCUT2D eigenvalue weighted by molar-refractivity contribution is 6.14. The molecule has 0 spiro atoms. The van der Waals surface area contributed by atoms with Crippen molar-refractivity contribution in [3.63, 3.8) is 0 Å². The average molecular weight is 679 g/mol. The first kappa shape index (κ1) is 32.0. The van der Waals surface area contributed by atoms with Gasteiger partial charge in [0, 0.05) is 33.8 Å². The van der Waals surface area contributed by atoms with Gasteiger partial charge in [0.05, 0.1) is 5.69 Å². The lowest BCUT2D eigenvalue weighted by atomic mass is 9.99. The molecule has 2 heteroatoms. The van der Waals surface area contributed by atoms with Crippen LogP contribution in [-0.2, 0) is 0 Å². The Balaban J connectivity index is 1.02. The summed E-state index contributed by atoms with van der Waals surface area (Å²) in [7, 11) is 0. The molecule has 0 fully saturated rings. The zero-order valence-electron chi connectivity index (χ0n) is 29.6. The molecule has 0 aliphatic rings. The maximum Gasteiger partial charge on any atom is 0.0546 e. The molecule has 0 aliphatic heterocycles. The number of rotatable bonds is 8. The molecule has 0 amide bonds. The number of nitrogens with zero attached hydrogens (tertiary/aromatic N) is 2. The fourth-order valence-electron chi connectivity index (χ4n) is 7.34. The van der Waals surface area contributed by atoms with Crippen LogP contribution in [0.15, 0.2) is 200 Å². The molecule has 0 heterocycles. The van der Waals surface area contributed by atoms with Crippen LogP contribution in [0.2, 0.25) is 0 Å². The number of benzene rings is 9. The number of anilines is 6. The predicted octanol–water partition coefficient (Wildman–Crippen LogP) is 14.6. The van der Waals surface area contributed by atoms with Gasteiger partial charge in [0.1, 0.15) is 0 Å². The summed E-state index contributed by atoms with van der Waals surface area (Å²) in [6, 6.07) is 72.0. The molecule has 0 saturated heterocycles. The summed E-state index contributed by atoms with van der Waals surface area (Å²) >= 11 is 0. The predicted molar refractivity (Wildman–Crippen MR) is 228 cm³/mol. The minimum atomic E-state index is 1.12. The molecule has 0 atom stereocenters. The van der Waals surface area contributed by atoms with Gasteiger partial charge >= 0.3 is 0 Å². The van der Waals surface area contributed by atoms with E-state index in [1.165, 1.54) is 43.6 Å². The molecule has 9 rings (SSSR count). The van der Waals surface area contributed by atoms with Crippen LogP contribution < -0.4 is 9.80 Å². The first-order chi connectivity index (χ1) is 26.2. The van der Waals surface area contributed by atoms with E-state index in [9.17, 15) is 0 Å². The first-order valence-electron chi connectivity index (χ1n) is 18.2. The molecule has 0 unspecified atom stereocenters. The Morgan fingerprint density at radius 3 is 1.45 bits per heavy atom. The van der Waals surface area contributed by atoms with E-state index < -0.39 is 0 Å². The second kappa shape index (κ2) is 14.0. The van der Waals surface area contributed by atoms with E-state index in [4.69, 9.17) is 0 Å². The van der Waals surface area contributed by atoms with E-state index in [1.807, 2.05) is 0 Å². The van der Waals surface area contributed by atoms with E-state index in [-0.39, 0.29) is 0 Å². The molecule has 0 aromatic heterocycles. The van der Waals surface area contributed by atoms with Gasteiger partial charge < -0.3 is 9.80 Å². The van der Waals surface area contributed by atoms with Crippen LogP contribution >= 0.6 is 0 Å². The molecule has 9 aromatic carbocycles. The van der Waals surface area contributed by atoms with Crippen LogP contribution in [0.4, 0.5) is 34.1 Å². The quantitative estimate of drug-likeness (QED) is 0.117. The highest BCUT2D eigenvalue weighted by atomic mass is 15.1. The Morgan fingerprint density at radius 2 is 0.792 bits per heavy atom. The number of fused-ring (bicyclic) bond motifs is 4. The molecule has 53 heavy (non-hydrogen) atoms. The number of para-hydroxylation sites is 1. The monoisotopic (exact) mass is 678 g/mol. The van der Waals surface area contributed by atoms with Gasteiger partial charge in [-0.2, -0.15) is 0 Å². The summed E-state index contributed by atoms with van der Waals surface area (Å²) in [4.78, 5) is 4.70. The second-order valence-electron chi connectivity index (χ2n) is 13.6. The zero-order valence-corrected chi connectivity index (χ0v) is 29.6. The summed E-state index contributed by atoms with van der Waals surface area (Å²) in [5, 5.41) is 7.45. The smallest absolute Gasteiger partial charge is 0.0546 e. The highest BCUT2D eigenvalue weighted by Crippen LogP contribution is 2.42. The molecule has 9 aromatic rings. The zero-order chi connectivity index (χ0) is 35.6. The molecule has 0 radical (unpaired) electrons. The van der Waals surface area contributed by atoms with Crippen LogP contribution in [0.1, 0.15) is 16.7 Å². The fraction of sp³-hybridized carbons (Fsp3) is 0.0196. The van der Waals surface area contributed by atoms with Crippen molar-refractivity contribution in [3.8, 4) is 0 Å². The minimum absolute atomic E-state index is 1.12. The van der Waals surface area contributed by atoms with Gasteiger partial charge in [0.2, 0.25) is 0 Å². The Morgan fingerprint density at radius 1 is 0.321 bits per heavy atom. The van der Waals surface area contributed by atoms with Crippen molar-refractivity contribution in [2.24, 2.45) is 0 Å². The van der Waals surface area contributed by atoms with E-state index in [2.05, 4.69) is 229 Å². The van der Waals surface area contributed by atoms with Gasteiger partial charge in [-0.25, -0.2) is 0 Å². The largest absolute Gasteiger partial charge is 0.310 e. The van der Waals surface area contributed by atoms with Gasteiger partial charge in [0.15, 0.2) is 0 Å². The summed E-state index contributed by atoms with van der Waals surface area (Å²) in [5.74, 6) is 0. The summed E-state index contributed by atoms with van der Waals surface area (Å²) < 4.78 is 0. The second-order valence-corrected chi connectivity index (χ2v) is 13.6. The molecule has 0 saturated carbocycles. The molecule has 0 bridgehead atoms. The van der Waals surface area contributed by atoms with Crippen LogP contribution in [0.5, 0.6) is 0 Å². The van der Waals surface area contributed by atoms with Gasteiger partial charge in [0.25, 0.3) is 0 Å². The van der Waals surface area contributed by atoms with Crippen molar-refractivity contribution in [3.05, 3.63) is 217 Å². The molecule has 0 aliphatic carbocycles. The van der Waals surface area contributed by atoms with E-state index in [0.717, 1.165) is 39.6 Å². The molecule has 252 valence electrons. The minimum Gasteiger partial charge on any atom is -0.310 e. The lowest BCUT2D eigenvalue weighted by Gasteiger charge is -2.27. The van der Waals surface area contributed by atoms with Gasteiger partial charge in [-0.05, 0) is 112 Å². The van der Waals surface area contributed by atoms with Gasteiger partial charge in [-0.15, -0.1) is 0 Å². The molecule has 2 nitrogen and oxygen atoms in total. The third-order valence-corrected chi connectivity index (χ3v) is 10.1. The molecule has 0 N–H and O–H groups in total. The lowest BCUT2D eigenvalue weighted by Crippen LogP contribution is -2.10. The standard InChI is InChI=1S/C51H38N2/c1-37-19-28-45(29-20-37)53(51-36-42-13-7-8-16-48(42)49-17-9-10-18-50(49)51)46-32-25-39(26-33-46)22-21-38-23-30-44(31-24-38)52(43-14-3-2-4-15-43)47-34-27-40-11-5-6-12-41(40)35-47/h2-36H,1H3/b22-21+. The Kier molecular flexibility index (Phi) is 8.47. The number of aryl methyl sites for hydroxylation is 1. The average Bonchev–Trinajstić information content (AvgIpc) is 3.22. The molecular formula is C51H38N2. The van der Waals surface area contributed by atoms with Crippen LogP contribution in [0.25, 0.3) is 44.5 Å². The van der Waals surface area contributed by atoms with E-state index in [1.54, 1.807) is 0 Å². The summed E-state index contributed by atoms with van der Waals surface area (Å²) in [5.41, 5.74) is 10.3. The Bertz CT molecular complexity index is 2710. The lowest BCUT2D eigenvalue weighted by molar-refractivity contribution is 1.29. The van der Waals surface area contributed by atoms with Crippen molar-refractivity contribution in [2.45, 2.75) is 6.92 Å². The van der Waals surface area contributed by atoms with Crippen LogP contribution in [-0.4, -0.2) is 0 Å². The van der Waals surface area contributed by atoms with Crippen molar-refractivity contribution in [1.82, 2.24) is 0 Å². The van der Waals surface area contributed by atoms with Crippen LogP contribution in [0.3, 0.4) is 0 Å². The van der Waals surface area contributed by atoms with Gasteiger partial charge in [-0.1, -0.05) is 151 Å². The Labute approximate surface area is 311 Å².